The standard InChI is InChI=1S/C8H6ClN3O2/c9-10-5-3-1-2-4-6(5)8(14)12-11-7(4)13/h1-3,10H,(H,11,13)(H,12,14). The van der Waals surface area contributed by atoms with E-state index in [1.807, 2.05) is 0 Å². The van der Waals surface area contributed by atoms with Gasteiger partial charge in [-0.15, -0.1) is 0 Å². The average molecular weight is 212 g/mol. The minimum atomic E-state index is -0.386. The van der Waals surface area contributed by atoms with Gasteiger partial charge in [-0.05, 0) is 12.1 Å². The summed E-state index contributed by atoms with van der Waals surface area (Å²) < 4.78 is 0. The van der Waals surface area contributed by atoms with Crippen LogP contribution in [0.15, 0.2) is 27.8 Å². The van der Waals surface area contributed by atoms with E-state index in [0.717, 1.165) is 0 Å². The lowest BCUT2D eigenvalue weighted by Crippen LogP contribution is -2.19. The van der Waals surface area contributed by atoms with Crippen molar-refractivity contribution in [3.63, 3.8) is 0 Å². The van der Waals surface area contributed by atoms with Gasteiger partial charge in [0.2, 0.25) is 0 Å². The van der Waals surface area contributed by atoms with Gasteiger partial charge in [0.25, 0.3) is 11.1 Å². The first-order valence-corrected chi connectivity index (χ1v) is 4.22. The van der Waals surface area contributed by atoms with Gasteiger partial charge < -0.3 is 0 Å². The highest BCUT2D eigenvalue weighted by atomic mass is 35.5. The lowest BCUT2D eigenvalue weighted by molar-refractivity contribution is 0.977. The zero-order chi connectivity index (χ0) is 10.1. The molecule has 6 heteroatoms. The number of H-pyrrole nitrogens is 2. The number of hydrogen-bond acceptors (Lipinski definition) is 3. The van der Waals surface area contributed by atoms with Gasteiger partial charge in [0.15, 0.2) is 0 Å². The summed E-state index contributed by atoms with van der Waals surface area (Å²) in [5, 5.41) is 5.02. The molecule has 5 nitrogen and oxygen atoms in total. The molecule has 0 spiro atoms. The zero-order valence-electron chi connectivity index (χ0n) is 6.93. The van der Waals surface area contributed by atoms with Crippen LogP contribution >= 0.6 is 11.8 Å². The Balaban J connectivity index is 3.07. The van der Waals surface area contributed by atoms with Crippen molar-refractivity contribution in [1.29, 1.82) is 0 Å². The molecule has 0 amide bonds. The van der Waals surface area contributed by atoms with Gasteiger partial charge in [0, 0.05) is 11.8 Å². The second-order valence-corrected chi connectivity index (χ2v) is 2.92. The third-order valence-corrected chi connectivity index (χ3v) is 2.13. The minimum Gasteiger partial charge on any atom is -0.298 e. The topological polar surface area (TPSA) is 77.8 Å². The zero-order valence-corrected chi connectivity index (χ0v) is 7.68. The molecule has 14 heavy (non-hydrogen) atoms. The molecule has 72 valence electrons. The molecular weight excluding hydrogens is 206 g/mol. The predicted octanol–water partition coefficient (Wildman–Crippen LogP) is 0.782. The Labute approximate surface area is 82.8 Å². The highest BCUT2D eigenvalue weighted by Crippen LogP contribution is 2.16. The van der Waals surface area contributed by atoms with E-state index in [4.69, 9.17) is 11.8 Å². The summed E-state index contributed by atoms with van der Waals surface area (Å²) in [5.74, 6) is 0. The average Bonchev–Trinajstić information content (AvgIpc) is 2.23. The first kappa shape index (κ1) is 8.83. The smallest absolute Gasteiger partial charge is 0.272 e. The van der Waals surface area contributed by atoms with Crippen LogP contribution in [-0.2, 0) is 0 Å². The summed E-state index contributed by atoms with van der Waals surface area (Å²) in [4.78, 5) is 25.0. The lowest BCUT2D eigenvalue weighted by Gasteiger charge is -2.01. The Morgan fingerprint density at radius 2 is 1.86 bits per heavy atom. The highest BCUT2D eigenvalue weighted by molar-refractivity contribution is 6.25. The number of benzene rings is 1. The first-order valence-electron chi connectivity index (χ1n) is 3.84. The van der Waals surface area contributed by atoms with Gasteiger partial charge in [0.05, 0.1) is 16.5 Å². The number of aromatic amines is 2. The molecule has 1 aromatic carbocycles. The molecule has 1 aromatic heterocycles. The molecule has 0 radical (unpaired) electrons. The molecule has 0 unspecified atom stereocenters. The number of halogens is 1. The molecule has 0 saturated heterocycles. The van der Waals surface area contributed by atoms with E-state index in [9.17, 15) is 9.59 Å². The molecule has 0 atom stereocenters. The van der Waals surface area contributed by atoms with Crippen LogP contribution in [0, 0.1) is 0 Å². The van der Waals surface area contributed by atoms with E-state index in [1.54, 1.807) is 18.2 Å². The van der Waals surface area contributed by atoms with E-state index in [0.29, 0.717) is 11.1 Å². The largest absolute Gasteiger partial charge is 0.298 e. The van der Waals surface area contributed by atoms with Crippen molar-refractivity contribution in [2.24, 2.45) is 0 Å². The third-order valence-electron chi connectivity index (χ3n) is 1.93. The Bertz CT molecular complexity index is 587. The van der Waals surface area contributed by atoms with Crippen LogP contribution in [0.3, 0.4) is 0 Å². The summed E-state index contributed by atoms with van der Waals surface area (Å²) in [6.07, 6.45) is 0. The maximum Gasteiger partial charge on any atom is 0.272 e. The molecular formula is C8H6ClN3O2. The third kappa shape index (κ3) is 1.18. The van der Waals surface area contributed by atoms with Crippen LogP contribution in [0.4, 0.5) is 5.69 Å². The van der Waals surface area contributed by atoms with Gasteiger partial charge in [-0.2, -0.15) is 0 Å². The number of anilines is 1. The second kappa shape index (κ2) is 3.19. The summed E-state index contributed by atoms with van der Waals surface area (Å²) in [6, 6.07) is 4.81. The number of rotatable bonds is 1. The second-order valence-electron chi connectivity index (χ2n) is 2.73. The Morgan fingerprint density at radius 1 is 1.14 bits per heavy atom. The fourth-order valence-electron chi connectivity index (χ4n) is 1.31. The fraction of sp³-hybridized carbons (Fsp3) is 0. The number of fused-ring (bicyclic) bond motifs is 1. The summed E-state index contributed by atoms with van der Waals surface area (Å²) in [5.41, 5.74) is -0.326. The number of hydrogen-bond donors (Lipinski definition) is 3. The molecule has 0 saturated carbocycles. The summed E-state index contributed by atoms with van der Waals surface area (Å²) >= 11 is 5.42. The van der Waals surface area contributed by atoms with Crippen LogP contribution in [0.25, 0.3) is 10.8 Å². The maximum absolute atomic E-state index is 11.4. The predicted molar refractivity (Wildman–Crippen MR) is 54.7 cm³/mol. The van der Waals surface area contributed by atoms with E-state index >= 15 is 0 Å². The molecule has 0 aliphatic carbocycles. The summed E-state index contributed by atoms with van der Waals surface area (Å²) in [7, 11) is 0. The fourth-order valence-corrected chi connectivity index (χ4v) is 1.47. The van der Waals surface area contributed by atoms with E-state index in [2.05, 4.69) is 15.0 Å². The van der Waals surface area contributed by atoms with E-state index < -0.39 is 0 Å². The van der Waals surface area contributed by atoms with Gasteiger partial charge in [-0.3, -0.25) is 24.6 Å². The van der Waals surface area contributed by atoms with Crippen LogP contribution in [-0.4, -0.2) is 10.2 Å². The molecule has 0 aliphatic heterocycles. The molecule has 0 fully saturated rings. The van der Waals surface area contributed by atoms with Crippen LogP contribution in [0.5, 0.6) is 0 Å². The highest BCUT2D eigenvalue weighted by Gasteiger charge is 2.06. The van der Waals surface area contributed by atoms with Crippen molar-refractivity contribution in [2.75, 3.05) is 4.84 Å². The van der Waals surface area contributed by atoms with E-state index in [-0.39, 0.29) is 16.5 Å². The Morgan fingerprint density at radius 3 is 2.57 bits per heavy atom. The van der Waals surface area contributed by atoms with Crippen LogP contribution < -0.4 is 16.0 Å². The van der Waals surface area contributed by atoms with E-state index in [1.165, 1.54) is 0 Å². The molecule has 0 bridgehead atoms. The normalized spacial score (nSPS) is 10.4. The van der Waals surface area contributed by atoms with Crippen molar-refractivity contribution in [2.45, 2.75) is 0 Å². The van der Waals surface area contributed by atoms with Gasteiger partial charge in [0.1, 0.15) is 0 Å². The van der Waals surface area contributed by atoms with Gasteiger partial charge in [-0.1, -0.05) is 6.07 Å². The SMILES string of the molecule is O=c1[nH][nH]c(=O)c2c(NCl)cccc12. The van der Waals surface area contributed by atoms with Crippen molar-refractivity contribution >= 4 is 28.2 Å². The van der Waals surface area contributed by atoms with Gasteiger partial charge in [-0.25, -0.2) is 0 Å². The molecule has 2 rings (SSSR count). The van der Waals surface area contributed by atoms with Gasteiger partial charge >= 0.3 is 0 Å². The van der Waals surface area contributed by atoms with Crippen molar-refractivity contribution in [3.05, 3.63) is 38.9 Å². The molecule has 3 N–H and O–H groups in total. The molecule has 2 aromatic rings. The number of aromatic nitrogens is 2. The van der Waals surface area contributed by atoms with Crippen molar-refractivity contribution in [1.82, 2.24) is 10.2 Å². The van der Waals surface area contributed by atoms with Crippen molar-refractivity contribution in [3.8, 4) is 0 Å². The Hall–Kier alpha value is -1.75. The van der Waals surface area contributed by atoms with Crippen LogP contribution in [0.2, 0.25) is 0 Å². The first-order chi connectivity index (χ1) is 6.74. The lowest BCUT2D eigenvalue weighted by atomic mass is 10.2. The minimum absolute atomic E-state index is 0.256. The Kier molecular flexibility index (Phi) is 2.01. The summed E-state index contributed by atoms with van der Waals surface area (Å²) in [6.45, 7) is 0. The molecule has 0 aliphatic rings. The van der Waals surface area contributed by atoms with Crippen molar-refractivity contribution < 1.29 is 0 Å². The number of nitrogens with one attached hydrogen (secondary N) is 3. The maximum atomic E-state index is 11.4. The molecule has 1 heterocycles. The van der Waals surface area contributed by atoms with Crippen LogP contribution in [0.1, 0.15) is 0 Å². The quantitative estimate of drug-likeness (QED) is 0.610. The monoisotopic (exact) mass is 211 g/mol.